The third kappa shape index (κ3) is 3.91. The van der Waals surface area contributed by atoms with Crippen molar-refractivity contribution in [3.63, 3.8) is 0 Å². The number of rotatable bonds is 5. The number of nitrogens with one attached hydrogen (secondary N) is 1. The second kappa shape index (κ2) is 8.06. The minimum atomic E-state index is -0.486. The zero-order valence-electron chi connectivity index (χ0n) is 17.5. The van der Waals surface area contributed by atoms with Gasteiger partial charge in [0.15, 0.2) is 5.16 Å². The van der Waals surface area contributed by atoms with Crippen LogP contribution in [0.25, 0.3) is 15.9 Å². The first-order valence-corrected chi connectivity index (χ1v) is 12.4. The highest BCUT2D eigenvalue weighted by Gasteiger charge is 2.29. The lowest BCUT2D eigenvalue weighted by molar-refractivity contribution is -0.120. The van der Waals surface area contributed by atoms with Crippen LogP contribution in [0.2, 0.25) is 0 Å². The molecule has 2 aliphatic carbocycles. The minimum Gasteiger partial charge on any atom is -0.352 e. The highest BCUT2D eigenvalue weighted by molar-refractivity contribution is 8.00. The molecule has 0 aliphatic heterocycles. The van der Waals surface area contributed by atoms with Crippen molar-refractivity contribution in [3.8, 4) is 5.69 Å². The SMILES string of the molecule is CC1CCc2c(sc3nc(SC(C)C(=O)NC4CC4)n(-c4ccccc4F)c(=O)c23)C1. The van der Waals surface area contributed by atoms with Crippen LogP contribution in [0.4, 0.5) is 4.39 Å². The fourth-order valence-electron chi connectivity index (χ4n) is 4.05. The second-order valence-electron chi connectivity index (χ2n) is 8.56. The number of benzene rings is 1. The van der Waals surface area contributed by atoms with Crippen LogP contribution in [0.3, 0.4) is 0 Å². The summed E-state index contributed by atoms with van der Waals surface area (Å²) in [6.45, 7) is 4.02. The van der Waals surface area contributed by atoms with Crippen LogP contribution in [0.1, 0.15) is 43.6 Å². The zero-order valence-corrected chi connectivity index (χ0v) is 19.1. The van der Waals surface area contributed by atoms with Crippen LogP contribution >= 0.6 is 23.1 Å². The normalized spacial score (nSPS) is 19.3. The Labute approximate surface area is 188 Å². The Morgan fingerprint density at radius 2 is 2.10 bits per heavy atom. The number of hydrogen-bond acceptors (Lipinski definition) is 5. The number of halogens is 1. The highest BCUT2D eigenvalue weighted by atomic mass is 32.2. The molecule has 2 aliphatic rings. The minimum absolute atomic E-state index is 0.0822. The molecule has 2 heterocycles. The van der Waals surface area contributed by atoms with E-state index >= 15 is 0 Å². The fourth-order valence-corrected chi connectivity index (χ4v) is 6.41. The van der Waals surface area contributed by atoms with Crippen molar-refractivity contribution in [2.75, 3.05) is 0 Å². The third-order valence-corrected chi connectivity index (χ3v) is 8.17. The molecule has 31 heavy (non-hydrogen) atoms. The van der Waals surface area contributed by atoms with Gasteiger partial charge in [-0.05, 0) is 62.6 Å². The molecule has 2 unspecified atom stereocenters. The topological polar surface area (TPSA) is 64.0 Å². The van der Waals surface area contributed by atoms with Gasteiger partial charge >= 0.3 is 0 Å². The number of aryl methyl sites for hydroxylation is 1. The summed E-state index contributed by atoms with van der Waals surface area (Å²) < 4.78 is 16.1. The predicted molar refractivity (Wildman–Crippen MR) is 123 cm³/mol. The van der Waals surface area contributed by atoms with E-state index in [1.54, 1.807) is 36.5 Å². The van der Waals surface area contributed by atoms with Gasteiger partial charge in [-0.15, -0.1) is 11.3 Å². The maximum atomic E-state index is 14.8. The highest BCUT2D eigenvalue weighted by Crippen LogP contribution is 2.37. The standard InChI is InChI=1S/C23H24FN3O2S2/c1-12-7-10-15-18(11-12)31-21-19(15)22(29)27(17-6-4-3-5-16(17)24)23(26-21)30-13(2)20(28)25-14-8-9-14/h3-6,12-14H,7-11H2,1-2H3,(H,25,28). The van der Waals surface area contributed by atoms with Gasteiger partial charge in [0.25, 0.3) is 5.56 Å². The van der Waals surface area contributed by atoms with Gasteiger partial charge in [0, 0.05) is 10.9 Å². The number of amides is 1. The molecule has 1 aromatic carbocycles. The van der Waals surface area contributed by atoms with Gasteiger partial charge in [-0.25, -0.2) is 9.37 Å². The molecule has 1 amide bonds. The van der Waals surface area contributed by atoms with Gasteiger partial charge in [0.05, 0.1) is 16.3 Å². The first-order valence-electron chi connectivity index (χ1n) is 10.7. The van der Waals surface area contributed by atoms with E-state index in [0.29, 0.717) is 21.3 Å². The van der Waals surface area contributed by atoms with Crippen LogP contribution in [0.5, 0.6) is 0 Å². The van der Waals surface area contributed by atoms with Crippen molar-refractivity contribution in [3.05, 3.63) is 50.9 Å². The van der Waals surface area contributed by atoms with Gasteiger partial charge in [0.1, 0.15) is 10.6 Å². The molecule has 5 rings (SSSR count). The molecule has 0 spiro atoms. The number of aromatic nitrogens is 2. The smallest absolute Gasteiger partial charge is 0.267 e. The lowest BCUT2D eigenvalue weighted by atomic mass is 9.89. The van der Waals surface area contributed by atoms with Crippen molar-refractivity contribution in [2.24, 2.45) is 5.92 Å². The maximum absolute atomic E-state index is 14.8. The number of thiophene rings is 1. The van der Waals surface area contributed by atoms with Crippen LogP contribution in [-0.4, -0.2) is 26.8 Å². The summed E-state index contributed by atoms with van der Waals surface area (Å²) in [6.07, 6.45) is 4.83. The van der Waals surface area contributed by atoms with Crippen LogP contribution in [0, 0.1) is 11.7 Å². The van der Waals surface area contributed by atoms with Crippen LogP contribution in [0.15, 0.2) is 34.2 Å². The molecule has 1 N–H and O–H groups in total. The van der Waals surface area contributed by atoms with Crippen molar-refractivity contribution in [1.82, 2.24) is 14.9 Å². The summed E-state index contributed by atoms with van der Waals surface area (Å²) in [5, 5.41) is 3.51. The Morgan fingerprint density at radius 3 is 2.84 bits per heavy atom. The molecule has 1 fully saturated rings. The van der Waals surface area contributed by atoms with E-state index in [-0.39, 0.29) is 23.2 Å². The van der Waals surface area contributed by atoms with Crippen molar-refractivity contribution in [1.29, 1.82) is 0 Å². The lowest BCUT2D eigenvalue weighted by Gasteiger charge is -2.18. The predicted octanol–water partition coefficient (Wildman–Crippen LogP) is 4.47. The number of thioether (sulfide) groups is 1. The summed E-state index contributed by atoms with van der Waals surface area (Å²) >= 11 is 2.77. The molecule has 8 heteroatoms. The maximum Gasteiger partial charge on any atom is 0.267 e. The first-order chi connectivity index (χ1) is 14.9. The summed E-state index contributed by atoms with van der Waals surface area (Å²) in [7, 11) is 0. The summed E-state index contributed by atoms with van der Waals surface area (Å²) in [6, 6.07) is 6.49. The van der Waals surface area contributed by atoms with E-state index in [2.05, 4.69) is 12.2 Å². The molecule has 5 nitrogen and oxygen atoms in total. The lowest BCUT2D eigenvalue weighted by Crippen LogP contribution is -2.33. The average Bonchev–Trinajstić information content (AvgIpc) is 3.47. The number of fused-ring (bicyclic) bond motifs is 3. The van der Waals surface area contributed by atoms with Crippen molar-refractivity contribution < 1.29 is 9.18 Å². The van der Waals surface area contributed by atoms with Crippen LogP contribution in [-0.2, 0) is 17.6 Å². The number of carbonyl (C=O) groups excluding carboxylic acids is 1. The van der Waals surface area contributed by atoms with Crippen LogP contribution < -0.4 is 10.9 Å². The Balaban J connectivity index is 1.65. The van der Waals surface area contributed by atoms with Gasteiger partial charge in [-0.1, -0.05) is 30.8 Å². The Kier molecular flexibility index (Phi) is 5.38. The fraction of sp³-hybridized carbons (Fsp3) is 0.435. The quantitative estimate of drug-likeness (QED) is 0.454. The van der Waals surface area contributed by atoms with Gasteiger partial charge in [0.2, 0.25) is 5.91 Å². The Hall–Kier alpha value is -2.19. The molecule has 0 radical (unpaired) electrons. The summed E-state index contributed by atoms with van der Waals surface area (Å²) in [4.78, 5) is 32.9. The Bertz CT molecular complexity index is 1230. The second-order valence-corrected chi connectivity index (χ2v) is 11.0. The third-order valence-electron chi connectivity index (χ3n) is 5.97. The molecule has 0 bridgehead atoms. The molecule has 0 saturated heterocycles. The van der Waals surface area contributed by atoms with E-state index in [1.807, 2.05) is 0 Å². The Morgan fingerprint density at radius 1 is 1.32 bits per heavy atom. The first kappa shape index (κ1) is 20.7. The number of para-hydroxylation sites is 1. The van der Waals surface area contributed by atoms with Crippen molar-refractivity contribution in [2.45, 2.75) is 62.4 Å². The van der Waals surface area contributed by atoms with E-state index in [0.717, 1.165) is 37.7 Å². The van der Waals surface area contributed by atoms with Crippen molar-refractivity contribution >= 4 is 39.2 Å². The van der Waals surface area contributed by atoms with Gasteiger partial charge < -0.3 is 5.32 Å². The molecule has 3 aromatic rings. The number of hydrogen-bond donors (Lipinski definition) is 1. The molecule has 1 saturated carbocycles. The van der Waals surface area contributed by atoms with Gasteiger partial charge in [-0.3, -0.25) is 14.2 Å². The molecule has 2 aromatic heterocycles. The van der Waals surface area contributed by atoms with E-state index in [9.17, 15) is 14.0 Å². The number of nitrogens with zero attached hydrogens (tertiary/aromatic N) is 2. The molecule has 2 atom stereocenters. The van der Waals surface area contributed by atoms with E-state index in [4.69, 9.17) is 4.98 Å². The van der Waals surface area contributed by atoms with Gasteiger partial charge in [-0.2, -0.15) is 0 Å². The largest absolute Gasteiger partial charge is 0.352 e. The zero-order chi connectivity index (χ0) is 21.7. The number of carbonyl (C=O) groups is 1. The molecular formula is C23H24FN3O2S2. The monoisotopic (exact) mass is 457 g/mol. The average molecular weight is 458 g/mol. The molecule has 162 valence electrons. The molecular weight excluding hydrogens is 433 g/mol. The van der Waals surface area contributed by atoms with E-state index in [1.165, 1.54) is 27.3 Å². The summed E-state index contributed by atoms with van der Waals surface area (Å²) in [5.41, 5.74) is 0.986. The summed E-state index contributed by atoms with van der Waals surface area (Å²) in [5.74, 6) is 0.0102. The van der Waals surface area contributed by atoms with E-state index < -0.39 is 11.1 Å².